The van der Waals surface area contributed by atoms with Crippen molar-refractivity contribution in [1.82, 2.24) is 9.97 Å². The molecule has 0 bridgehead atoms. The summed E-state index contributed by atoms with van der Waals surface area (Å²) in [6.45, 7) is 2.88. The molecule has 20 heavy (non-hydrogen) atoms. The first kappa shape index (κ1) is 15.2. The van der Waals surface area contributed by atoms with Crippen molar-refractivity contribution in [2.24, 2.45) is 0 Å². The summed E-state index contributed by atoms with van der Waals surface area (Å²) in [5, 5.41) is 3.20. The fourth-order valence-corrected chi connectivity index (χ4v) is 2.71. The summed E-state index contributed by atoms with van der Waals surface area (Å²) in [4.78, 5) is 8.50. The van der Waals surface area contributed by atoms with Crippen LogP contribution in [0, 0.1) is 0 Å². The van der Waals surface area contributed by atoms with Gasteiger partial charge in [-0.3, -0.25) is 0 Å². The van der Waals surface area contributed by atoms with Crippen LogP contribution in [0.3, 0.4) is 0 Å². The van der Waals surface area contributed by atoms with Crippen molar-refractivity contribution in [2.45, 2.75) is 13.5 Å². The Morgan fingerprint density at radius 3 is 2.75 bits per heavy atom. The van der Waals surface area contributed by atoms with E-state index in [4.69, 9.17) is 10.5 Å². The molecule has 2 aromatic rings. The van der Waals surface area contributed by atoms with Crippen LogP contribution in [-0.2, 0) is 11.3 Å². The van der Waals surface area contributed by atoms with Crippen LogP contribution in [0.4, 0.5) is 17.3 Å². The van der Waals surface area contributed by atoms with E-state index in [0.717, 1.165) is 14.6 Å². The van der Waals surface area contributed by atoms with E-state index in [1.165, 1.54) is 0 Å². The van der Waals surface area contributed by atoms with Gasteiger partial charge in [-0.1, -0.05) is 15.9 Å². The third-order valence-corrected chi connectivity index (χ3v) is 3.57. The quantitative estimate of drug-likeness (QED) is 0.795. The lowest BCUT2D eigenvalue weighted by atomic mass is 10.3. The van der Waals surface area contributed by atoms with E-state index in [0.29, 0.717) is 30.7 Å². The molecule has 106 valence electrons. The van der Waals surface area contributed by atoms with E-state index in [9.17, 15) is 0 Å². The van der Waals surface area contributed by atoms with Gasteiger partial charge in [0.25, 0.3) is 0 Å². The van der Waals surface area contributed by atoms with Gasteiger partial charge >= 0.3 is 0 Å². The summed E-state index contributed by atoms with van der Waals surface area (Å²) in [5.41, 5.74) is 6.68. The van der Waals surface area contributed by atoms with Crippen LogP contribution in [0.2, 0.25) is 0 Å². The number of hydrogen-bond acceptors (Lipinski definition) is 5. The summed E-state index contributed by atoms with van der Waals surface area (Å²) in [5.74, 6) is 1.60. The minimum atomic E-state index is 0.345. The highest BCUT2D eigenvalue weighted by Crippen LogP contribution is 2.28. The van der Waals surface area contributed by atoms with Gasteiger partial charge in [0.2, 0.25) is 0 Å². The number of ether oxygens (including phenoxy) is 1. The standard InChI is InChI=1S/C13H14Br2N4O/c1-2-20-7-13-18-11(16)6-12(19-13)17-10-4-3-8(14)5-9(10)15/h3-6H,2,7H2,1H3,(H3,16,17,18,19). The van der Waals surface area contributed by atoms with Crippen LogP contribution < -0.4 is 11.1 Å². The summed E-state index contributed by atoms with van der Waals surface area (Å²) in [6, 6.07) is 7.52. The average Bonchev–Trinajstić information content (AvgIpc) is 2.39. The fraction of sp³-hybridized carbons (Fsp3) is 0.231. The smallest absolute Gasteiger partial charge is 0.158 e. The van der Waals surface area contributed by atoms with Crippen molar-refractivity contribution < 1.29 is 4.74 Å². The Labute approximate surface area is 134 Å². The molecule has 0 radical (unpaired) electrons. The third kappa shape index (κ3) is 4.16. The van der Waals surface area contributed by atoms with E-state index >= 15 is 0 Å². The van der Waals surface area contributed by atoms with E-state index < -0.39 is 0 Å². The Balaban J connectivity index is 2.21. The van der Waals surface area contributed by atoms with Gasteiger partial charge < -0.3 is 15.8 Å². The summed E-state index contributed by atoms with van der Waals surface area (Å²) >= 11 is 6.91. The summed E-state index contributed by atoms with van der Waals surface area (Å²) in [7, 11) is 0. The SMILES string of the molecule is CCOCc1nc(N)cc(Nc2ccc(Br)cc2Br)n1. The van der Waals surface area contributed by atoms with Crippen LogP contribution in [-0.4, -0.2) is 16.6 Å². The number of rotatable bonds is 5. The van der Waals surface area contributed by atoms with Gasteiger partial charge in [-0.15, -0.1) is 0 Å². The number of nitrogens with zero attached hydrogens (tertiary/aromatic N) is 2. The summed E-state index contributed by atoms with van der Waals surface area (Å²) < 4.78 is 7.22. The number of hydrogen-bond donors (Lipinski definition) is 2. The van der Waals surface area contributed by atoms with Crippen molar-refractivity contribution in [3.05, 3.63) is 39.0 Å². The van der Waals surface area contributed by atoms with E-state index in [1.54, 1.807) is 6.07 Å². The molecular weight excluding hydrogens is 388 g/mol. The van der Waals surface area contributed by atoms with Crippen molar-refractivity contribution in [1.29, 1.82) is 0 Å². The molecule has 0 amide bonds. The number of nitrogens with one attached hydrogen (secondary N) is 1. The average molecular weight is 402 g/mol. The minimum absolute atomic E-state index is 0.345. The number of nitrogens with two attached hydrogens (primary N) is 1. The van der Waals surface area contributed by atoms with Gasteiger partial charge in [-0.25, -0.2) is 9.97 Å². The highest BCUT2D eigenvalue weighted by molar-refractivity contribution is 9.11. The molecule has 2 rings (SSSR count). The minimum Gasteiger partial charge on any atom is -0.384 e. The first-order valence-corrected chi connectivity index (χ1v) is 7.60. The van der Waals surface area contributed by atoms with Crippen molar-refractivity contribution in [2.75, 3.05) is 17.7 Å². The molecule has 1 aromatic carbocycles. The number of halogens is 2. The van der Waals surface area contributed by atoms with Gasteiger partial charge in [-0.05, 0) is 41.1 Å². The molecule has 3 N–H and O–H groups in total. The zero-order valence-corrected chi connectivity index (χ0v) is 14.0. The molecule has 1 aromatic heterocycles. The van der Waals surface area contributed by atoms with Crippen molar-refractivity contribution >= 4 is 49.2 Å². The number of aromatic nitrogens is 2. The molecular formula is C13H14Br2N4O. The topological polar surface area (TPSA) is 73.1 Å². The third-order valence-electron chi connectivity index (χ3n) is 2.42. The highest BCUT2D eigenvalue weighted by atomic mass is 79.9. The molecule has 1 heterocycles. The Morgan fingerprint density at radius 2 is 2.05 bits per heavy atom. The molecule has 0 atom stereocenters. The monoisotopic (exact) mass is 400 g/mol. The van der Waals surface area contributed by atoms with Crippen molar-refractivity contribution in [3.63, 3.8) is 0 Å². The molecule has 0 aliphatic carbocycles. The molecule has 7 heteroatoms. The molecule has 0 saturated heterocycles. The molecule has 5 nitrogen and oxygen atoms in total. The van der Waals surface area contributed by atoms with Gasteiger partial charge in [0.05, 0.1) is 5.69 Å². The van der Waals surface area contributed by atoms with E-state index in [-0.39, 0.29) is 0 Å². The Morgan fingerprint density at radius 1 is 1.25 bits per heavy atom. The maximum absolute atomic E-state index is 5.78. The Hall–Kier alpha value is -1.18. The second-order valence-corrected chi connectivity index (χ2v) is 5.75. The maximum atomic E-state index is 5.78. The Kier molecular flexibility index (Phi) is 5.33. The van der Waals surface area contributed by atoms with Gasteiger partial charge in [0, 0.05) is 21.6 Å². The van der Waals surface area contributed by atoms with Crippen molar-refractivity contribution in [3.8, 4) is 0 Å². The molecule has 0 aliphatic rings. The molecule has 0 aliphatic heterocycles. The highest BCUT2D eigenvalue weighted by Gasteiger charge is 2.06. The second kappa shape index (κ2) is 7.01. The molecule has 0 fully saturated rings. The zero-order chi connectivity index (χ0) is 14.5. The van der Waals surface area contributed by atoms with Crippen LogP contribution in [0.25, 0.3) is 0 Å². The lowest BCUT2D eigenvalue weighted by Gasteiger charge is -2.10. The van der Waals surface area contributed by atoms with E-state index in [1.807, 2.05) is 25.1 Å². The lowest BCUT2D eigenvalue weighted by Crippen LogP contribution is -2.05. The van der Waals surface area contributed by atoms with Gasteiger partial charge in [0.1, 0.15) is 18.2 Å². The number of anilines is 3. The summed E-state index contributed by atoms with van der Waals surface area (Å²) in [6.07, 6.45) is 0. The molecule has 0 spiro atoms. The number of benzene rings is 1. The first-order valence-electron chi connectivity index (χ1n) is 6.01. The predicted molar refractivity (Wildman–Crippen MR) is 86.9 cm³/mol. The zero-order valence-electron chi connectivity index (χ0n) is 10.9. The first-order chi connectivity index (χ1) is 9.58. The molecule has 0 unspecified atom stereocenters. The maximum Gasteiger partial charge on any atom is 0.158 e. The second-order valence-electron chi connectivity index (χ2n) is 3.98. The largest absolute Gasteiger partial charge is 0.384 e. The lowest BCUT2D eigenvalue weighted by molar-refractivity contribution is 0.128. The fourth-order valence-electron chi connectivity index (χ4n) is 1.57. The van der Waals surface area contributed by atoms with Crippen LogP contribution in [0.1, 0.15) is 12.7 Å². The normalized spacial score (nSPS) is 10.6. The van der Waals surface area contributed by atoms with Gasteiger partial charge in [0.15, 0.2) is 5.82 Å². The van der Waals surface area contributed by atoms with E-state index in [2.05, 4.69) is 47.1 Å². The number of nitrogen functional groups attached to an aromatic ring is 1. The van der Waals surface area contributed by atoms with Crippen LogP contribution in [0.5, 0.6) is 0 Å². The Bertz CT molecular complexity index is 607. The molecule has 0 saturated carbocycles. The van der Waals surface area contributed by atoms with Gasteiger partial charge in [-0.2, -0.15) is 0 Å². The van der Waals surface area contributed by atoms with Crippen LogP contribution >= 0.6 is 31.9 Å². The predicted octanol–water partition coefficient (Wildman–Crippen LogP) is 3.86. The van der Waals surface area contributed by atoms with Crippen LogP contribution in [0.15, 0.2) is 33.2 Å².